The first-order chi connectivity index (χ1) is 11.7. The number of esters is 2. The SMILES string of the molecule is CC1(C)CCCC(=O)NC1=O.COC(=O)c1ccccc1C(=O)OC.Cl. The Bertz CT molecular complexity index is 636. The number of benzene rings is 1. The summed E-state index contributed by atoms with van der Waals surface area (Å²) in [5.41, 5.74) is 0.0512. The van der Waals surface area contributed by atoms with Crippen LogP contribution in [-0.4, -0.2) is 38.0 Å². The molecule has 1 aliphatic rings. The maximum Gasteiger partial charge on any atom is 0.338 e. The number of nitrogens with one attached hydrogen (secondary N) is 1. The van der Waals surface area contributed by atoms with Crippen LogP contribution in [0.4, 0.5) is 0 Å². The highest BCUT2D eigenvalue weighted by Gasteiger charge is 2.31. The van der Waals surface area contributed by atoms with Crippen molar-refractivity contribution in [3.63, 3.8) is 0 Å². The van der Waals surface area contributed by atoms with Gasteiger partial charge in [0.25, 0.3) is 0 Å². The van der Waals surface area contributed by atoms with Crippen LogP contribution in [0.15, 0.2) is 24.3 Å². The minimum Gasteiger partial charge on any atom is -0.465 e. The van der Waals surface area contributed by atoms with Gasteiger partial charge in [0.2, 0.25) is 11.8 Å². The number of carbonyl (C=O) groups excluding carboxylic acids is 4. The molecule has 8 heteroatoms. The quantitative estimate of drug-likeness (QED) is 0.620. The van der Waals surface area contributed by atoms with Crippen molar-refractivity contribution in [2.45, 2.75) is 33.1 Å². The fraction of sp³-hybridized carbons (Fsp3) is 0.444. The molecule has 0 atom stereocenters. The number of hydrogen-bond donors (Lipinski definition) is 1. The molecule has 1 N–H and O–H groups in total. The van der Waals surface area contributed by atoms with Gasteiger partial charge in [-0.25, -0.2) is 9.59 Å². The Labute approximate surface area is 158 Å². The Morgan fingerprint density at radius 2 is 1.46 bits per heavy atom. The summed E-state index contributed by atoms with van der Waals surface area (Å²) in [6, 6.07) is 6.33. The van der Waals surface area contributed by atoms with Gasteiger partial charge in [0.1, 0.15) is 0 Å². The van der Waals surface area contributed by atoms with Crippen LogP contribution >= 0.6 is 12.4 Å². The van der Waals surface area contributed by atoms with Gasteiger partial charge in [0, 0.05) is 11.8 Å². The van der Waals surface area contributed by atoms with Crippen molar-refractivity contribution < 1.29 is 28.7 Å². The zero-order valence-corrected chi connectivity index (χ0v) is 16.1. The standard InChI is InChI=1S/C10H10O4.C8H13NO2.ClH/c1-13-9(11)7-5-3-4-6-8(7)10(12)14-2;1-8(2)5-3-4-6(10)9-7(8)11;/h3-6H,1-2H3;3-5H2,1-2H3,(H,9,10,11);1H. The molecule has 0 aromatic heterocycles. The van der Waals surface area contributed by atoms with Gasteiger partial charge in [-0.15, -0.1) is 12.4 Å². The van der Waals surface area contributed by atoms with E-state index in [-0.39, 0.29) is 40.8 Å². The van der Waals surface area contributed by atoms with Crippen LogP contribution in [-0.2, 0) is 19.1 Å². The van der Waals surface area contributed by atoms with Crippen molar-refractivity contribution in [3.05, 3.63) is 35.4 Å². The van der Waals surface area contributed by atoms with E-state index in [0.717, 1.165) is 12.8 Å². The van der Waals surface area contributed by atoms with E-state index in [1.54, 1.807) is 12.1 Å². The molecule has 144 valence electrons. The minimum absolute atomic E-state index is 0. The largest absolute Gasteiger partial charge is 0.465 e. The van der Waals surface area contributed by atoms with Gasteiger partial charge < -0.3 is 9.47 Å². The Kier molecular flexibility index (Phi) is 9.57. The highest BCUT2D eigenvalue weighted by Crippen LogP contribution is 2.25. The summed E-state index contributed by atoms with van der Waals surface area (Å²) in [5.74, 6) is -1.38. The summed E-state index contributed by atoms with van der Waals surface area (Å²) in [6.45, 7) is 3.72. The zero-order chi connectivity index (χ0) is 19.0. The Balaban J connectivity index is 0.000000475. The molecule has 7 nitrogen and oxygen atoms in total. The molecule has 26 heavy (non-hydrogen) atoms. The van der Waals surface area contributed by atoms with Gasteiger partial charge in [-0.3, -0.25) is 14.9 Å². The smallest absolute Gasteiger partial charge is 0.338 e. The van der Waals surface area contributed by atoms with Crippen LogP contribution in [0.3, 0.4) is 0 Å². The van der Waals surface area contributed by atoms with Crippen LogP contribution in [0.5, 0.6) is 0 Å². The molecule has 1 saturated heterocycles. The average molecular weight is 386 g/mol. The van der Waals surface area contributed by atoms with E-state index in [9.17, 15) is 19.2 Å². The molecule has 0 aliphatic carbocycles. The first-order valence-electron chi connectivity index (χ1n) is 7.83. The van der Waals surface area contributed by atoms with Crippen molar-refractivity contribution in [1.82, 2.24) is 5.32 Å². The van der Waals surface area contributed by atoms with E-state index in [1.165, 1.54) is 26.4 Å². The van der Waals surface area contributed by atoms with Crippen molar-refractivity contribution in [3.8, 4) is 0 Å². The summed E-state index contributed by atoms with van der Waals surface area (Å²) in [6.07, 6.45) is 2.09. The van der Waals surface area contributed by atoms with Crippen molar-refractivity contribution in [1.29, 1.82) is 0 Å². The number of hydrogen-bond acceptors (Lipinski definition) is 6. The lowest BCUT2D eigenvalue weighted by Crippen LogP contribution is -2.37. The minimum atomic E-state index is -0.550. The Morgan fingerprint density at radius 1 is 1.00 bits per heavy atom. The summed E-state index contributed by atoms with van der Waals surface area (Å²) < 4.78 is 9.05. The normalized spacial score (nSPS) is 15.2. The van der Waals surface area contributed by atoms with E-state index in [4.69, 9.17) is 0 Å². The maximum atomic E-state index is 11.2. The lowest BCUT2D eigenvalue weighted by atomic mass is 9.87. The maximum absolute atomic E-state index is 11.2. The molecule has 0 spiro atoms. The fourth-order valence-corrected chi connectivity index (χ4v) is 2.22. The molecule has 0 unspecified atom stereocenters. The second kappa shape index (κ2) is 10.6. The first kappa shape index (κ1) is 23.6. The van der Waals surface area contributed by atoms with Crippen LogP contribution in [0.1, 0.15) is 53.8 Å². The molecule has 0 saturated carbocycles. The monoisotopic (exact) mass is 385 g/mol. The van der Waals surface area contributed by atoms with E-state index in [2.05, 4.69) is 14.8 Å². The Morgan fingerprint density at radius 3 is 1.88 bits per heavy atom. The van der Waals surface area contributed by atoms with Gasteiger partial charge in [-0.2, -0.15) is 0 Å². The number of imide groups is 1. The number of rotatable bonds is 2. The second-order valence-electron chi connectivity index (χ2n) is 6.14. The molecule has 1 fully saturated rings. The van der Waals surface area contributed by atoms with Gasteiger partial charge in [-0.05, 0) is 25.0 Å². The average Bonchev–Trinajstić information content (AvgIpc) is 2.71. The van der Waals surface area contributed by atoms with E-state index in [1.807, 2.05) is 13.8 Å². The lowest BCUT2D eigenvalue weighted by molar-refractivity contribution is -0.134. The van der Waals surface area contributed by atoms with Gasteiger partial charge in [-0.1, -0.05) is 26.0 Å². The third-order valence-corrected chi connectivity index (χ3v) is 3.81. The van der Waals surface area contributed by atoms with Gasteiger partial charge >= 0.3 is 11.9 Å². The first-order valence-corrected chi connectivity index (χ1v) is 7.83. The summed E-state index contributed by atoms with van der Waals surface area (Å²) in [4.78, 5) is 44.5. The number of amides is 2. The molecular weight excluding hydrogens is 362 g/mol. The predicted molar refractivity (Wildman–Crippen MR) is 97.2 cm³/mol. The molecule has 1 aliphatic heterocycles. The highest BCUT2D eigenvalue weighted by atomic mass is 35.5. The van der Waals surface area contributed by atoms with Crippen molar-refractivity contribution in [2.75, 3.05) is 14.2 Å². The molecule has 0 bridgehead atoms. The molecule has 0 radical (unpaired) electrons. The fourth-order valence-electron chi connectivity index (χ4n) is 2.22. The zero-order valence-electron chi connectivity index (χ0n) is 15.3. The van der Waals surface area contributed by atoms with Crippen LogP contribution < -0.4 is 5.32 Å². The van der Waals surface area contributed by atoms with Crippen molar-refractivity contribution >= 4 is 36.2 Å². The van der Waals surface area contributed by atoms with Gasteiger partial charge in [0.15, 0.2) is 0 Å². The van der Waals surface area contributed by atoms with Crippen molar-refractivity contribution in [2.24, 2.45) is 5.41 Å². The predicted octanol–water partition coefficient (Wildman–Crippen LogP) is 2.52. The summed E-state index contributed by atoms with van der Waals surface area (Å²) in [7, 11) is 2.52. The molecule has 1 aromatic rings. The van der Waals surface area contributed by atoms with Crippen LogP contribution in [0.2, 0.25) is 0 Å². The van der Waals surface area contributed by atoms with E-state index in [0.29, 0.717) is 6.42 Å². The highest BCUT2D eigenvalue weighted by molar-refractivity contribution is 6.03. The molecule has 2 rings (SSSR count). The number of halogens is 1. The van der Waals surface area contributed by atoms with Crippen LogP contribution in [0.25, 0.3) is 0 Å². The number of carbonyl (C=O) groups is 4. The number of ether oxygens (including phenoxy) is 2. The lowest BCUT2D eigenvalue weighted by Gasteiger charge is -2.18. The van der Waals surface area contributed by atoms with E-state index < -0.39 is 11.9 Å². The summed E-state index contributed by atoms with van der Waals surface area (Å²) >= 11 is 0. The third-order valence-electron chi connectivity index (χ3n) is 3.81. The summed E-state index contributed by atoms with van der Waals surface area (Å²) in [5, 5.41) is 2.35. The van der Waals surface area contributed by atoms with E-state index >= 15 is 0 Å². The van der Waals surface area contributed by atoms with Gasteiger partial charge in [0.05, 0.1) is 25.3 Å². The van der Waals surface area contributed by atoms with Crippen LogP contribution in [0, 0.1) is 5.41 Å². The molecule has 1 heterocycles. The second-order valence-corrected chi connectivity index (χ2v) is 6.14. The number of methoxy groups -OCH3 is 2. The molecule has 2 amide bonds. The Hall–Kier alpha value is -2.41. The molecule has 1 aromatic carbocycles. The molecular formula is C18H24ClNO6. The topological polar surface area (TPSA) is 98.8 Å². The third kappa shape index (κ3) is 6.48.